The third-order valence-electron chi connectivity index (χ3n) is 2.25. The Morgan fingerprint density at radius 1 is 1.20 bits per heavy atom. The second-order valence-corrected chi connectivity index (χ2v) is 3.45. The van der Waals surface area contributed by atoms with E-state index in [0.717, 1.165) is 19.4 Å². The van der Waals surface area contributed by atoms with Crippen molar-refractivity contribution in [2.75, 3.05) is 5.73 Å². The molecule has 0 fully saturated rings. The van der Waals surface area contributed by atoms with E-state index >= 15 is 0 Å². The summed E-state index contributed by atoms with van der Waals surface area (Å²) in [6.07, 6.45) is 3.77. The minimum Gasteiger partial charge on any atom is -0.367 e. The average Bonchev–Trinajstić information content (AvgIpc) is 2.66. The number of hydrogen-bond acceptors (Lipinski definition) is 3. The molecule has 0 aliphatic carbocycles. The summed E-state index contributed by atoms with van der Waals surface area (Å²) in [5, 5.41) is 4.03. The number of anilines is 1. The zero-order chi connectivity index (χ0) is 10.5. The number of nitrogens with two attached hydrogens (primary N) is 1. The topological polar surface area (TPSA) is 56.7 Å². The van der Waals surface area contributed by atoms with Gasteiger partial charge in [0.15, 0.2) is 0 Å². The lowest BCUT2D eigenvalue weighted by atomic mass is 10.1. The molecule has 0 radical (unpaired) electrons. The quantitative estimate of drug-likeness (QED) is 0.817. The van der Waals surface area contributed by atoms with Gasteiger partial charge in [-0.05, 0) is 18.4 Å². The van der Waals surface area contributed by atoms with E-state index in [1.165, 1.54) is 5.56 Å². The Hall–Kier alpha value is -1.84. The molecule has 0 saturated carbocycles. The molecule has 78 valence electrons. The first-order valence-electron chi connectivity index (χ1n) is 5.03. The Morgan fingerprint density at radius 3 is 2.67 bits per heavy atom. The Balaban J connectivity index is 1.80. The van der Waals surface area contributed by atoms with Gasteiger partial charge in [-0.1, -0.05) is 30.3 Å². The highest BCUT2D eigenvalue weighted by atomic mass is 15.3. The second-order valence-electron chi connectivity index (χ2n) is 3.45. The lowest BCUT2D eigenvalue weighted by molar-refractivity contribution is 0.579. The van der Waals surface area contributed by atoms with Gasteiger partial charge in [-0.25, -0.2) is 4.98 Å². The number of benzene rings is 1. The summed E-state index contributed by atoms with van der Waals surface area (Å²) in [5.41, 5.74) is 6.77. The van der Waals surface area contributed by atoms with E-state index in [1.54, 1.807) is 11.0 Å². The van der Waals surface area contributed by atoms with Crippen molar-refractivity contribution in [2.45, 2.75) is 19.4 Å². The number of rotatable bonds is 4. The van der Waals surface area contributed by atoms with Crippen molar-refractivity contribution in [2.24, 2.45) is 0 Å². The molecule has 2 aromatic rings. The van der Waals surface area contributed by atoms with Crippen molar-refractivity contribution < 1.29 is 0 Å². The van der Waals surface area contributed by atoms with Crippen LogP contribution in [0.15, 0.2) is 36.7 Å². The largest absolute Gasteiger partial charge is 0.367 e. The molecule has 1 heterocycles. The lowest BCUT2D eigenvalue weighted by Gasteiger charge is -2.00. The molecule has 0 saturated heterocycles. The van der Waals surface area contributed by atoms with E-state index < -0.39 is 0 Å². The zero-order valence-corrected chi connectivity index (χ0v) is 8.50. The van der Waals surface area contributed by atoms with Crippen LogP contribution in [0.4, 0.5) is 5.95 Å². The molecule has 2 N–H and O–H groups in total. The molecule has 0 bridgehead atoms. The predicted molar refractivity (Wildman–Crippen MR) is 59.2 cm³/mol. The Kier molecular flexibility index (Phi) is 2.97. The van der Waals surface area contributed by atoms with E-state index in [0.29, 0.717) is 5.95 Å². The first kappa shape index (κ1) is 9.71. The molecule has 4 nitrogen and oxygen atoms in total. The van der Waals surface area contributed by atoms with Crippen LogP contribution in [0.2, 0.25) is 0 Å². The smallest absolute Gasteiger partial charge is 0.239 e. The van der Waals surface area contributed by atoms with Gasteiger partial charge in [-0.2, -0.15) is 0 Å². The normalized spacial score (nSPS) is 10.4. The van der Waals surface area contributed by atoms with Gasteiger partial charge in [-0.15, -0.1) is 5.10 Å². The Labute approximate surface area is 88.8 Å². The number of aromatic nitrogens is 3. The summed E-state index contributed by atoms with van der Waals surface area (Å²) in [4.78, 5) is 3.87. The van der Waals surface area contributed by atoms with Crippen LogP contribution in [0.5, 0.6) is 0 Å². The maximum atomic E-state index is 5.42. The predicted octanol–water partition coefficient (Wildman–Crippen LogP) is 1.49. The number of nitrogens with zero attached hydrogens (tertiary/aromatic N) is 3. The molecule has 0 amide bonds. The standard InChI is InChI=1S/C11H14N4/c12-11-13-9-15(14-11)8-4-7-10-5-2-1-3-6-10/h1-3,5-6,9H,4,7-8H2,(H2,12,14). The lowest BCUT2D eigenvalue weighted by Crippen LogP contribution is -2.01. The number of hydrogen-bond donors (Lipinski definition) is 1. The van der Waals surface area contributed by atoms with Crippen LogP contribution in [-0.4, -0.2) is 14.8 Å². The first-order valence-corrected chi connectivity index (χ1v) is 5.03. The van der Waals surface area contributed by atoms with E-state index in [2.05, 4.69) is 34.3 Å². The van der Waals surface area contributed by atoms with Crippen molar-refractivity contribution in [3.63, 3.8) is 0 Å². The van der Waals surface area contributed by atoms with Crippen LogP contribution in [0.25, 0.3) is 0 Å². The monoisotopic (exact) mass is 202 g/mol. The Bertz CT molecular complexity index is 408. The third kappa shape index (κ3) is 2.80. The van der Waals surface area contributed by atoms with Gasteiger partial charge in [0.05, 0.1) is 0 Å². The molecule has 15 heavy (non-hydrogen) atoms. The van der Waals surface area contributed by atoms with Crippen LogP contribution in [0.3, 0.4) is 0 Å². The van der Waals surface area contributed by atoms with Crippen molar-refractivity contribution in [3.05, 3.63) is 42.2 Å². The molecule has 4 heteroatoms. The summed E-state index contributed by atoms with van der Waals surface area (Å²) in [6.45, 7) is 0.860. The van der Waals surface area contributed by atoms with Crippen molar-refractivity contribution >= 4 is 5.95 Å². The summed E-state index contributed by atoms with van der Waals surface area (Å²) >= 11 is 0. The number of aryl methyl sites for hydroxylation is 2. The van der Waals surface area contributed by atoms with E-state index in [-0.39, 0.29) is 0 Å². The molecule has 0 atom stereocenters. The second kappa shape index (κ2) is 4.59. The third-order valence-corrected chi connectivity index (χ3v) is 2.25. The molecule has 1 aromatic carbocycles. The summed E-state index contributed by atoms with van der Waals surface area (Å²) in [7, 11) is 0. The van der Waals surface area contributed by atoms with Gasteiger partial charge in [0.1, 0.15) is 6.33 Å². The molecule has 0 spiro atoms. The molecular weight excluding hydrogens is 188 g/mol. The van der Waals surface area contributed by atoms with Crippen molar-refractivity contribution in [1.29, 1.82) is 0 Å². The van der Waals surface area contributed by atoms with Crippen LogP contribution in [0.1, 0.15) is 12.0 Å². The highest BCUT2D eigenvalue weighted by Crippen LogP contribution is 2.03. The minimum atomic E-state index is 0.342. The SMILES string of the molecule is Nc1ncn(CCCc2ccccc2)n1. The summed E-state index contributed by atoms with van der Waals surface area (Å²) in [5.74, 6) is 0.342. The van der Waals surface area contributed by atoms with Gasteiger partial charge in [-0.3, -0.25) is 4.68 Å². The molecule has 0 aliphatic rings. The van der Waals surface area contributed by atoms with E-state index in [4.69, 9.17) is 5.73 Å². The van der Waals surface area contributed by atoms with Gasteiger partial charge in [0.2, 0.25) is 5.95 Å². The van der Waals surface area contributed by atoms with Gasteiger partial charge >= 0.3 is 0 Å². The summed E-state index contributed by atoms with van der Waals surface area (Å²) in [6, 6.07) is 10.4. The van der Waals surface area contributed by atoms with Crippen LogP contribution in [-0.2, 0) is 13.0 Å². The van der Waals surface area contributed by atoms with Gasteiger partial charge < -0.3 is 5.73 Å². The number of nitrogen functional groups attached to an aromatic ring is 1. The molecule has 2 rings (SSSR count). The zero-order valence-electron chi connectivity index (χ0n) is 8.50. The minimum absolute atomic E-state index is 0.342. The van der Waals surface area contributed by atoms with Crippen LogP contribution in [0, 0.1) is 0 Å². The van der Waals surface area contributed by atoms with Gasteiger partial charge in [0.25, 0.3) is 0 Å². The summed E-state index contributed by atoms with van der Waals surface area (Å²) < 4.78 is 1.78. The fourth-order valence-corrected chi connectivity index (χ4v) is 1.51. The Morgan fingerprint density at radius 2 is 2.00 bits per heavy atom. The van der Waals surface area contributed by atoms with Crippen LogP contribution < -0.4 is 5.73 Å². The average molecular weight is 202 g/mol. The fraction of sp³-hybridized carbons (Fsp3) is 0.273. The molecule has 1 aromatic heterocycles. The molecular formula is C11H14N4. The molecule has 0 unspecified atom stereocenters. The van der Waals surface area contributed by atoms with Gasteiger partial charge in [0, 0.05) is 6.54 Å². The highest BCUT2D eigenvalue weighted by molar-refractivity contribution is 5.14. The first-order chi connectivity index (χ1) is 7.34. The van der Waals surface area contributed by atoms with E-state index in [9.17, 15) is 0 Å². The molecule has 0 aliphatic heterocycles. The maximum absolute atomic E-state index is 5.42. The fourth-order valence-electron chi connectivity index (χ4n) is 1.51. The highest BCUT2D eigenvalue weighted by Gasteiger charge is 1.96. The van der Waals surface area contributed by atoms with Crippen molar-refractivity contribution in [1.82, 2.24) is 14.8 Å². The maximum Gasteiger partial charge on any atom is 0.239 e. The van der Waals surface area contributed by atoms with Crippen molar-refractivity contribution in [3.8, 4) is 0 Å². The van der Waals surface area contributed by atoms with Crippen LogP contribution >= 0.6 is 0 Å². The van der Waals surface area contributed by atoms with E-state index in [1.807, 2.05) is 6.07 Å².